The highest BCUT2D eigenvalue weighted by Gasteiger charge is 2.25. The first-order valence-corrected chi connectivity index (χ1v) is 11.6. The maximum absolute atomic E-state index is 12.1. The zero-order chi connectivity index (χ0) is 21.4. The summed E-state index contributed by atoms with van der Waals surface area (Å²) in [5.41, 5.74) is 0.716. The van der Waals surface area contributed by atoms with E-state index in [0.29, 0.717) is 29.1 Å². The summed E-state index contributed by atoms with van der Waals surface area (Å²) in [6.45, 7) is 16.6. The lowest BCUT2D eigenvalue weighted by molar-refractivity contribution is 0.0531. The fourth-order valence-electron chi connectivity index (χ4n) is 3.58. The highest BCUT2D eigenvalue weighted by molar-refractivity contribution is 7.13. The van der Waals surface area contributed by atoms with Crippen LogP contribution in [-0.4, -0.2) is 60.6 Å². The molecule has 1 aliphatic heterocycles. The van der Waals surface area contributed by atoms with Crippen LogP contribution in [-0.2, 0) is 4.74 Å². The van der Waals surface area contributed by atoms with Gasteiger partial charge in [-0.2, -0.15) is 0 Å². The van der Waals surface area contributed by atoms with Gasteiger partial charge in [-0.05, 0) is 59.5 Å². The topological polar surface area (TPSA) is 78.9 Å². The van der Waals surface area contributed by atoms with Gasteiger partial charge in [0.1, 0.15) is 9.88 Å². The van der Waals surface area contributed by atoms with E-state index >= 15 is 0 Å². The number of carbonyl (C=O) groups excluding carboxylic acids is 1. The highest BCUT2D eigenvalue weighted by atomic mass is 32.1. The van der Waals surface area contributed by atoms with Gasteiger partial charge >= 0.3 is 5.97 Å². The van der Waals surface area contributed by atoms with Gasteiger partial charge in [0, 0.05) is 12.6 Å². The van der Waals surface area contributed by atoms with Gasteiger partial charge < -0.3 is 15.4 Å². The van der Waals surface area contributed by atoms with E-state index in [9.17, 15) is 4.79 Å². The minimum atomic E-state index is -0.299. The number of hydrogen-bond donors (Lipinski definition) is 2. The van der Waals surface area contributed by atoms with Crippen molar-refractivity contribution in [3.05, 3.63) is 15.6 Å². The molecule has 1 aromatic rings. The molecule has 164 valence electrons. The number of esters is 1. The van der Waals surface area contributed by atoms with Crippen molar-refractivity contribution in [1.82, 2.24) is 20.5 Å². The minimum absolute atomic E-state index is 0.0519. The lowest BCUT2D eigenvalue weighted by atomic mass is 10.0. The average Bonchev–Trinajstić information content (AvgIpc) is 3.32. The molecule has 0 spiro atoms. The van der Waals surface area contributed by atoms with E-state index in [1.807, 2.05) is 20.8 Å². The second-order valence-electron chi connectivity index (χ2n) is 7.83. The van der Waals surface area contributed by atoms with Crippen molar-refractivity contribution in [1.29, 1.82) is 0 Å². The molecular formula is C21H37N5O2S. The van der Waals surface area contributed by atoms with Gasteiger partial charge in [0.05, 0.1) is 24.9 Å². The molecule has 1 aliphatic rings. The summed E-state index contributed by atoms with van der Waals surface area (Å²) in [4.78, 5) is 24.7. The van der Waals surface area contributed by atoms with Crippen molar-refractivity contribution < 1.29 is 9.53 Å². The first-order valence-electron chi connectivity index (χ1n) is 10.8. The second-order valence-corrected chi connectivity index (χ2v) is 8.86. The molecule has 0 amide bonds. The van der Waals surface area contributed by atoms with Gasteiger partial charge in [-0.15, -0.1) is 11.3 Å². The number of guanidine groups is 1. The maximum Gasteiger partial charge on any atom is 0.350 e. The van der Waals surface area contributed by atoms with Gasteiger partial charge in [-0.1, -0.05) is 13.8 Å². The minimum Gasteiger partial charge on any atom is -0.462 e. The molecule has 2 heterocycles. The largest absolute Gasteiger partial charge is 0.462 e. The Labute approximate surface area is 179 Å². The number of carbonyl (C=O) groups is 1. The molecule has 2 rings (SSSR count). The fourth-order valence-corrected chi connectivity index (χ4v) is 4.54. The monoisotopic (exact) mass is 423 g/mol. The molecule has 2 N–H and O–H groups in total. The van der Waals surface area contributed by atoms with Crippen LogP contribution in [0.2, 0.25) is 0 Å². The summed E-state index contributed by atoms with van der Waals surface area (Å²) in [6, 6.07) is 0.407. The Bertz CT molecular complexity index is 683. The third-order valence-electron chi connectivity index (χ3n) is 5.16. The molecule has 0 aliphatic carbocycles. The second kappa shape index (κ2) is 11.5. The van der Waals surface area contributed by atoms with E-state index < -0.39 is 0 Å². The summed E-state index contributed by atoms with van der Waals surface area (Å²) in [6.07, 6.45) is 2.57. The first kappa shape index (κ1) is 23.6. The van der Waals surface area contributed by atoms with Crippen molar-refractivity contribution in [2.75, 3.05) is 32.8 Å². The number of thiazole rings is 1. The molecule has 1 fully saturated rings. The molecule has 29 heavy (non-hydrogen) atoms. The van der Waals surface area contributed by atoms with E-state index in [-0.39, 0.29) is 12.0 Å². The molecule has 0 aromatic carbocycles. The number of likely N-dealkylation sites (tertiary alicyclic amines) is 1. The van der Waals surface area contributed by atoms with Crippen molar-refractivity contribution >= 4 is 23.3 Å². The number of rotatable bonds is 9. The van der Waals surface area contributed by atoms with Crippen LogP contribution < -0.4 is 10.6 Å². The number of nitrogens with zero attached hydrogens (tertiary/aromatic N) is 3. The Morgan fingerprint density at radius 1 is 1.28 bits per heavy atom. The van der Waals surface area contributed by atoms with E-state index in [4.69, 9.17) is 9.73 Å². The number of aliphatic imine (C=N–C) groups is 1. The smallest absolute Gasteiger partial charge is 0.350 e. The predicted octanol–water partition coefficient (Wildman–Crippen LogP) is 3.36. The Balaban J connectivity index is 2.07. The van der Waals surface area contributed by atoms with Gasteiger partial charge in [-0.25, -0.2) is 9.78 Å². The molecule has 2 unspecified atom stereocenters. The Hall–Kier alpha value is -1.67. The fraction of sp³-hybridized carbons (Fsp3) is 0.762. The van der Waals surface area contributed by atoms with Crippen LogP contribution in [0.5, 0.6) is 0 Å². The molecule has 0 saturated carbocycles. The van der Waals surface area contributed by atoms with Crippen LogP contribution in [0.15, 0.2) is 4.99 Å². The summed E-state index contributed by atoms with van der Waals surface area (Å²) < 4.78 is 5.13. The van der Waals surface area contributed by atoms with Crippen LogP contribution in [0.4, 0.5) is 0 Å². The summed E-state index contributed by atoms with van der Waals surface area (Å²) in [5, 5.41) is 7.64. The third kappa shape index (κ3) is 6.67. The van der Waals surface area contributed by atoms with Crippen LogP contribution in [0, 0.1) is 12.8 Å². The quantitative estimate of drug-likeness (QED) is 0.360. The molecule has 0 bridgehead atoms. The van der Waals surface area contributed by atoms with Crippen molar-refractivity contribution in [2.24, 2.45) is 10.9 Å². The molecular weight excluding hydrogens is 386 g/mol. The molecule has 2 atom stereocenters. The summed E-state index contributed by atoms with van der Waals surface area (Å²) in [7, 11) is 0. The first-order chi connectivity index (χ1) is 13.9. The van der Waals surface area contributed by atoms with Gasteiger partial charge in [0.15, 0.2) is 5.96 Å². The lowest BCUT2D eigenvalue weighted by Gasteiger charge is -2.29. The number of hydrogen-bond acceptors (Lipinski definition) is 6. The lowest BCUT2D eigenvalue weighted by Crippen LogP contribution is -2.42. The molecule has 1 saturated heterocycles. The zero-order valence-corrected chi connectivity index (χ0v) is 19.6. The molecule has 7 nitrogen and oxygen atoms in total. The van der Waals surface area contributed by atoms with E-state index in [0.717, 1.165) is 24.1 Å². The SMILES string of the molecule is CCNC(=NCC(C(C)C)N1CCCC1)NC(C)c1nc(C)c(C(=O)OCC)s1. The van der Waals surface area contributed by atoms with Gasteiger partial charge in [0.2, 0.25) is 0 Å². The number of ether oxygens (including phenoxy) is 1. The highest BCUT2D eigenvalue weighted by Crippen LogP contribution is 2.24. The van der Waals surface area contributed by atoms with Crippen molar-refractivity contribution in [3.63, 3.8) is 0 Å². The van der Waals surface area contributed by atoms with Crippen molar-refractivity contribution in [2.45, 2.75) is 66.5 Å². The molecule has 1 aromatic heterocycles. The molecule has 0 radical (unpaired) electrons. The Morgan fingerprint density at radius 2 is 1.97 bits per heavy atom. The number of aryl methyl sites for hydroxylation is 1. The average molecular weight is 424 g/mol. The van der Waals surface area contributed by atoms with Crippen LogP contribution >= 0.6 is 11.3 Å². The summed E-state index contributed by atoms with van der Waals surface area (Å²) >= 11 is 1.39. The van der Waals surface area contributed by atoms with E-state index in [1.54, 1.807) is 0 Å². The van der Waals surface area contributed by atoms with Crippen molar-refractivity contribution in [3.8, 4) is 0 Å². The normalized spacial score (nSPS) is 17.4. The number of nitrogens with one attached hydrogen (secondary N) is 2. The van der Waals surface area contributed by atoms with E-state index in [1.165, 1.54) is 37.3 Å². The number of aromatic nitrogens is 1. The third-order valence-corrected chi connectivity index (χ3v) is 6.48. The standard InChI is InChI=1S/C21H37N5O2S/c1-7-22-21(23-13-17(14(3)4)26-11-9-10-12-26)25-16(6)19-24-15(5)18(29-19)20(27)28-8-2/h14,16-17H,7-13H2,1-6H3,(H2,22,23,25). The Morgan fingerprint density at radius 3 is 2.55 bits per heavy atom. The molecule has 8 heteroatoms. The zero-order valence-electron chi connectivity index (χ0n) is 18.7. The van der Waals surface area contributed by atoms with Crippen LogP contribution in [0.3, 0.4) is 0 Å². The van der Waals surface area contributed by atoms with Crippen LogP contribution in [0.1, 0.15) is 73.9 Å². The van der Waals surface area contributed by atoms with Gasteiger partial charge in [0.25, 0.3) is 0 Å². The summed E-state index contributed by atoms with van der Waals surface area (Å²) in [5.74, 6) is 1.05. The predicted molar refractivity (Wildman–Crippen MR) is 120 cm³/mol. The maximum atomic E-state index is 12.1. The van der Waals surface area contributed by atoms with E-state index in [2.05, 4.69) is 41.3 Å². The van der Waals surface area contributed by atoms with Gasteiger partial charge in [-0.3, -0.25) is 9.89 Å². The Kier molecular flexibility index (Phi) is 9.36. The van der Waals surface area contributed by atoms with Crippen LogP contribution in [0.25, 0.3) is 0 Å².